The van der Waals surface area contributed by atoms with E-state index in [9.17, 15) is 0 Å². The summed E-state index contributed by atoms with van der Waals surface area (Å²) in [6, 6.07) is 0. The summed E-state index contributed by atoms with van der Waals surface area (Å²) in [5, 5.41) is 1.21. The molecule has 0 spiro atoms. The van der Waals surface area contributed by atoms with Gasteiger partial charge in [0.1, 0.15) is 0 Å². The minimum absolute atomic E-state index is 0.224. The van der Waals surface area contributed by atoms with E-state index in [4.69, 9.17) is 37.9 Å². The van der Waals surface area contributed by atoms with E-state index in [2.05, 4.69) is 25.3 Å². The molecule has 0 aromatic rings. The predicted octanol–water partition coefficient (Wildman–Crippen LogP) is 5.39. The first kappa shape index (κ1) is 18.1. The number of rotatable bonds is 3. The van der Waals surface area contributed by atoms with Gasteiger partial charge in [0.25, 0.3) is 0 Å². The van der Waals surface area contributed by atoms with Crippen LogP contribution in [-0.2, 0) is 0 Å². The molecule has 4 aliphatic carbocycles. The Balaban J connectivity index is 1.33. The molecule has 0 heterocycles. The second-order valence-electron chi connectivity index (χ2n) is 9.10. The monoisotopic (exact) mass is 406 g/mol. The van der Waals surface area contributed by atoms with E-state index in [-0.39, 0.29) is 14.2 Å². The smallest absolute Gasteiger partial charge is 0.0185 e. The fraction of sp³-hybridized carbons (Fsp3) is 1.00. The maximum Gasteiger partial charge on any atom is 0.0185 e. The predicted molar refractivity (Wildman–Crippen MR) is 117 cm³/mol. The van der Waals surface area contributed by atoms with Crippen molar-refractivity contribution in [2.24, 2.45) is 17.8 Å². The summed E-state index contributed by atoms with van der Waals surface area (Å²) in [6.45, 7) is 0. The minimum Gasteiger partial charge on any atom is -0.176 e. The summed E-state index contributed by atoms with van der Waals surface area (Å²) in [7, 11) is 0. The Labute approximate surface area is 169 Å². The van der Waals surface area contributed by atoms with Crippen molar-refractivity contribution in [1.29, 1.82) is 0 Å². The largest absolute Gasteiger partial charge is 0.176 e. The summed E-state index contributed by atoms with van der Waals surface area (Å²) < 4.78 is 0.732. The summed E-state index contributed by atoms with van der Waals surface area (Å²) >= 11 is 24.7. The Hall–Kier alpha value is 1.75. The zero-order chi connectivity index (χ0) is 16.5. The molecule has 4 saturated carbocycles. The van der Waals surface area contributed by atoms with Crippen LogP contribution in [0.2, 0.25) is 0 Å². The van der Waals surface area contributed by atoms with Crippen LogP contribution in [0.5, 0.6) is 0 Å². The minimum atomic E-state index is 0.224. The molecule has 23 heavy (non-hydrogen) atoms. The van der Waals surface area contributed by atoms with E-state index in [1.54, 1.807) is 0 Å². The molecule has 0 amide bonds. The number of thiol groups is 5. The van der Waals surface area contributed by atoms with E-state index >= 15 is 0 Å². The molecule has 4 unspecified atom stereocenters. The summed E-state index contributed by atoms with van der Waals surface area (Å²) in [6.07, 6.45) is 12.6. The lowest BCUT2D eigenvalue weighted by Gasteiger charge is -2.63. The molecule has 4 fully saturated rings. The van der Waals surface area contributed by atoms with Crippen LogP contribution >= 0.6 is 63.1 Å². The molecular formula is C18H30S5. The highest BCUT2D eigenvalue weighted by Gasteiger charge is 2.63. The molecule has 0 saturated heterocycles. The third kappa shape index (κ3) is 3.15. The van der Waals surface area contributed by atoms with Gasteiger partial charge in [-0.2, -0.15) is 63.1 Å². The first-order valence-electron chi connectivity index (χ1n) is 9.26. The molecule has 4 atom stereocenters. The van der Waals surface area contributed by atoms with Gasteiger partial charge in [0.2, 0.25) is 0 Å². The third-order valence-corrected chi connectivity index (χ3v) is 10.5. The molecule has 4 aliphatic rings. The Morgan fingerprint density at radius 2 is 1.00 bits per heavy atom. The van der Waals surface area contributed by atoms with Gasteiger partial charge in [0.15, 0.2) is 0 Å². The molecular weight excluding hydrogens is 377 g/mol. The lowest BCUT2D eigenvalue weighted by molar-refractivity contribution is 0.0556. The summed E-state index contributed by atoms with van der Waals surface area (Å²) in [5.74, 6) is 2.28. The van der Waals surface area contributed by atoms with Crippen LogP contribution in [0, 0.1) is 17.8 Å². The van der Waals surface area contributed by atoms with Crippen molar-refractivity contribution in [3.05, 3.63) is 0 Å². The molecule has 0 radical (unpaired) electrons. The van der Waals surface area contributed by atoms with Crippen molar-refractivity contribution in [3.63, 3.8) is 0 Å². The summed E-state index contributed by atoms with van der Waals surface area (Å²) in [4.78, 5) is 0. The van der Waals surface area contributed by atoms with Gasteiger partial charge >= 0.3 is 0 Å². The fourth-order valence-corrected chi connectivity index (χ4v) is 9.26. The molecule has 0 N–H and O–H groups in total. The van der Waals surface area contributed by atoms with Crippen LogP contribution in [0.1, 0.15) is 64.2 Å². The maximum absolute atomic E-state index is 5.15. The highest BCUT2D eigenvalue weighted by atomic mass is 32.1. The maximum atomic E-state index is 5.15. The van der Waals surface area contributed by atoms with E-state index < -0.39 is 0 Å². The van der Waals surface area contributed by atoms with Gasteiger partial charge in [0.05, 0.1) is 0 Å². The van der Waals surface area contributed by atoms with Gasteiger partial charge in [-0.3, -0.25) is 0 Å². The fourth-order valence-electron chi connectivity index (χ4n) is 5.98. The highest BCUT2D eigenvalue weighted by Crippen LogP contribution is 2.67. The van der Waals surface area contributed by atoms with Gasteiger partial charge < -0.3 is 0 Å². The first-order chi connectivity index (χ1) is 10.7. The molecule has 5 heteroatoms. The normalized spacial score (nSPS) is 59.6. The third-order valence-electron chi connectivity index (χ3n) is 7.51. The topological polar surface area (TPSA) is 0 Å². The van der Waals surface area contributed by atoms with Crippen molar-refractivity contribution in [3.8, 4) is 0 Å². The van der Waals surface area contributed by atoms with Gasteiger partial charge in [-0.15, -0.1) is 0 Å². The lowest BCUT2D eigenvalue weighted by atomic mass is 9.53. The van der Waals surface area contributed by atoms with Gasteiger partial charge in [-0.25, -0.2) is 0 Å². The summed E-state index contributed by atoms with van der Waals surface area (Å²) in [5.41, 5.74) is 0. The Bertz CT molecular complexity index is 466. The second kappa shape index (κ2) is 6.14. The molecule has 4 rings (SSSR count). The van der Waals surface area contributed by atoms with Crippen LogP contribution in [0.3, 0.4) is 0 Å². The van der Waals surface area contributed by atoms with Gasteiger partial charge in [-0.05, 0) is 82.0 Å². The van der Waals surface area contributed by atoms with E-state index in [1.807, 2.05) is 0 Å². The van der Waals surface area contributed by atoms with Crippen molar-refractivity contribution in [1.82, 2.24) is 0 Å². The van der Waals surface area contributed by atoms with E-state index in [0.29, 0.717) is 10.5 Å². The Morgan fingerprint density at radius 1 is 0.565 bits per heavy atom. The average molecular weight is 407 g/mol. The second-order valence-corrected chi connectivity index (χ2v) is 13.2. The van der Waals surface area contributed by atoms with Crippen molar-refractivity contribution >= 4 is 63.1 Å². The van der Waals surface area contributed by atoms with Gasteiger partial charge in [-0.1, -0.05) is 0 Å². The Morgan fingerprint density at radius 3 is 1.43 bits per heavy atom. The lowest BCUT2D eigenvalue weighted by Crippen LogP contribution is -2.62. The molecule has 0 nitrogen and oxygen atoms in total. The zero-order valence-corrected chi connectivity index (χ0v) is 18.2. The number of hydrogen-bond acceptors (Lipinski definition) is 5. The van der Waals surface area contributed by atoms with Crippen LogP contribution in [-0.4, -0.2) is 24.7 Å². The van der Waals surface area contributed by atoms with Crippen LogP contribution in [0.15, 0.2) is 0 Å². The average Bonchev–Trinajstić information content (AvgIpc) is 3.02. The first-order valence-corrected chi connectivity index (χ1v) is 11.6. The standard InChI is InChI=1S/C18H30S5/c19-14-3-1-11(5-14)16(21)7-13(8-16)18(23)9-17(22,10-18)12-2-4-15(20)6-12/h11-15,19-23H,1-10H2. The van der Waals surface area contributed by atoms with Crippen LogP contribution in [0.25, 0.3) is 0 Å². The highest BCUT2D eigenvalue weighted by molar-refractivity contribution is 7.84. The molecule has 0 aliphatic heterocycles. The molecule has 0 aromatic heterocycles. The SMILES string of the molecule is SC1CCC(C2(S)CC(C3(S)CC(S)(C4CCC(S)C4)C3)C2)C1. The Kier molecular flexibility index (Phi) is 4.84. The van der Waals surface area contributed by atoms with Crippen LogP contribution < -0.4 is 0 Å². The van der Waals surface area contributed by atoms with Crippen molar-refractivity contribution in [2.75, 3.05) is 0 Å². The van der Waals surface area contributed by atoms with Crippen molar-refractivity contribution in [2.45, 2.75) is 88.9 Å². The quantitative estimate of drug-likeness (QED) is 0.381. The zero-order valence-electron chi connectivity index (χ0n) is 13.7. The molecule has 0 bridgehead atoms. The number of hydrogen-bond donors (Lipinski definition) is 5. The van der Waals surface area contributed by atoms with E-state index in [1.165, 1.54) is 64.2 Å². The molecule has 0 aromatic carbocycles. The molecule has 132 valence electrons. The van der Waals surface area contributed by atoms with Crippen molar-refractivity contribution < 1.29 is 0 Å². The van der Waals surface area contributed by atoms with E-state index in [0.717, 1.165) is 17.8 Å². The van der Waals surface area contributed by atoms with Crippen LogP contribution in [0.4, 0.5) is 0 Å². The van der Waals surface area contributed by atoms with Gasteiger partial charge in [0, 0.05) is 24.7 Å².